The van der Waals surface area contributed by atoms with Crippen molar-refractivity contribution in [2.45, 2.75) is 5.92 Å². The van der Waals surface area contributed by atoms with Gasteiger partial charge in [-0.15, -0.1) is 0 Å². The quantitative estimate of drug-likeness (QED) is 0.645. The van der Waals surface area contributed by atoms with E-state index in [1.54, 1.807) is 0 Å². The number of aliphatic imine (C=N–C) groups is 1. The minimum Gasteiger partial charge on any atom is -0.376 e. The summed E-state index contributed by atoms with van der Waals surface area (Å²) in [6.45, 7) is 0. The van der Waals surface area contributed by atoms with E-state index in [0.717, 1.165) is 5.84 Å². The highest BCUT2D eigenvalue weighted by atomic mass is 15.0. The molecule has 1 N–H and O–H groups in total. The van der Waals surface area contributed by atoms with Crippen LogP contribution in [-0.4, -0.2) is 19.9 Å². The fraction of sp³-hybridized carbons (Fsp3) is 0.188. The van der Waals surface area contributed by atoms with Crippen LogP contribution < -0.4 is 5.32 Å². The van der Waals surface area contributed by atoms with Crippen molar-refractivity contribution in [3.05, 3.63) is 71.8 Å². The van der Waals surface area contributed by atoms with Crippen LogP contribution in [0.1, 0.15) is 17.0 Å². The van der Waals surface area contributed by atoms with Crippen LogP contribution in [0.3, 0.4) is 0 Å². The highest BCUT2D eigenvalue weighted by Crippen LogP contribution is 2.25. The number of nitrogens with one attached hydrogen (secondary N) is 1. The fourth-order valence-corrected chi connectivity index (χ4v) is 2.18. The zero-order chi connectivity index (χ0) is 12.8. The minimum absolute atomic E-state index is 0.169. The molecule has 0 fully saturated rings. The van der Waals surface area contributed by atoms with Gasteiger partial charge in [-0.2, -0.15) is 0 Å². The predicted octanol–water partition coefficient (Wildman–Crippen LogP) is 3.07. The first-order valence-electron chi connectivity index (χ1n) is 6.11. The van der Waals surface area contributed by atoms with Crippen LogP contribution in [0, 0.1) is 0 Å². The summed E-state index contributed by atoms with van der Waals surface area (Å²) in [7, 11) is 3.74. The van der Waals surface area contributed by atoms with E-state index in [0.29, 0.717) is 0 Å². The third-order valence-electron chi connectivity index (χ3n) is 3.04. The number of hydrogen-bond donors (Lipinski definition) is 1. The van der Waals surface area contributed by atoms with E-state index in [9.17, 15) is 0 Å². The van der Waals surface area contributed by atoms with Crippen LogP contribution in [-0.2, 0) is 0 Å². The van der Waals surface area contributed by atoms with E-state index in [2.05, 4.69) is 58.8 Å². The molecule has 0 aromatic heterocycles. The van der Waals surface area contributed by atoms with Gasteiger partial charge in [-0.1, -0.05) is 60.7 Å². The van der Waals surface area contributed by atoms with Crippen LogP contribution in [0.25, 0.3) is 0 Å². The van der Waals surface area contributed by atoms with Gasteiger partial charge in [-0.05, 0) is 11.1 Å². The monoisotopic (exact) mass is 238 g/mol. The summed E-state index contributed by atoms with van der Waals surface area (Å²) in [4.78, 5) is 4.37. The second-order valence-electron chi connectivity index (χ2n) is 4.11. The Morgan fingerprint density at radius 3 is 1.67 bits per heavy atom. The van der Waals surface area contributed by atoms with Crippen LogP contribution >= 0.6 is 0 Å². The Hall–Kier alpha value is -2.09. The number of benzene rings is 2. The number of likely N-dealkylation sites (N-methyl/N-ethyl adjacent to an activating group) is 1. The second-order valence-corrected chi connectivity index (χ2v) is 4.11. The van der Waals surface area contributed by atoms with Gasteiger partial charge < -0.3 is 5.32 Å². The summed E-state index contributed by atoms with van der Waals surface area (Å²) in [5, 5.41) is 3.20. The van der Waals surface area contributed by atoms with Crippen molar-refractivity contribution >= 4 is 5.84 Å². The molecule has 2 rings (SSSR count). The van der Waals surface area contributed by atoms with Crippen molar-refractivity contribution in [2.24, 2.45) is 4.99 Å². The normalized spacial score (nSPS) is 11.6. The summed E-state index contributed by atoms with van der Waals surface area (Å²) < 4.78 is 0. The minimum atomic E-state index is 0.169. The Balaban J connectivity index is 2.48. The highest BCUT2D eigenvalue weighted by Gasteiger charge is 2.18. The van der Waals surface area contributed by atoms with Gasteiger partial charge in [0.15, 0.2) is 0 Å². The SMILES string of the molecule is CN=C(NC)C(c1ccccc1)c1ccccc1. The zero-order valence-corrected chi connectivity index (χ0v) is 10.8. The van der Waals surface area contributed by atoms with Crippen LogP contribution in [0.5, 0.6) is 0 Å². The van der Waals surface area contributed by atoms with Crippen molar-refractivity contribution in [3.63, 3.8) is 0 Å². The molecule has 18 heavy (non-hydrogen) atoms. The highest BCUT2D eigenvalue weighted by molar-refractivity contribution is 5.91. The smallest absolute Gasteiger partial charge is 0.108 e. The van der Waals surface area contributed by atoms with E-state index in [1.807, 2.05) is 26.2 Å². The molecule has 0 aliphatic carbocycles. The first-order chi connectivity index (χ1) is 8.86. The van der Waals surface area contributed by atoms with E-state index in [4.69, 9.17) is 0 Å². The summed E-state index contributed by atoms with van der Waals surface area (Å²) in [6, 6.07) is 20.9. The Morgan fingerprint density at radius 1 is 0.889 bits per heavy atom. The fourth-order valence-electron chi connectivity index (χ4n) is 2.18. The van der Waals surface area contributed by atoms with Crippen molar-refractivity contribution in [2.75, 3.05) is 14.1 Å². The van der Waals surface area contributed by atoms with E-state index in [-0.39, 0.29) is 5.92 Å². The van der Waals surface area contributed by atoms with Gasteiger partial charge in [-0.25, -0.2) is 0 Å². The van der Waals surface area contributed by atoms with E-state index in [1.165, 1.54) is 11.1 Å². The molecule has 2 aromatic rings. The molecular weight excluding hydrogens is 220 g/mol. The van der Waals surface area contributed by atoms with Crippen molar-refractivity contribution in [3.8, 4) is 0 Å². The molecule has 0 heterocycles. The molecule has 0 unspecified atom stereocenters. The lowest BCUT2D eigenvalue weighted by molar-refractivity contribution is 0.979. The maximum absolute atomic E-state index is 4.37. The Labute approximate surface area is 108 Å². The van der Waals surface area contributed by atoms with E-state index < -0.39 is 0 Å². The maximum Gasteiger partial charge on any atom is 0.108 e. The molecule has 0 saturated heterocycles. The standard InChI is InChI=1S/C16H18N2/c1-17-16(18-2)15(13-9-5-3-6-10-13)14-11-7-4-8-12-14/h3-12,15H,1-2H3,(H,17,18). The third-order valence-corrected chi connectivity index (χ3v) is 3.04. The topological polar surface area (TPSA) is 24.4 Å². The molecule has 0 aliphatic rings. The lowest BCUT2D eigenvalue weighted by atomic mass is 9.90. The Bertz CT molecular complexity index is 464. The van der Waals surface area contributed by atoms with Crippen molar-refractivity contribution < 1.29 is 0 Å². The summed E-state index contributed by atoms with van der Waals surface area (Å²) >= 11 is 0. The molecule has 0 atom stereocenters. The van der Waals surface area contributed by atoms with Crippen LogP contribution in [0.15, 0.2) is 65.7 Å². The Morgan fingerprint density at radius 2 is 1.33 bits per heavy atom. The second kappa shape index (κ2) is 6.01. The van der Waals surface area contributed by atoms with Crippen molar-refractivity contribution in [1.82, 2.24) is 5.32 Å². The first-order valence-corrected chi connectivity index (χ1v) is 6.11. The summed E-state index contributed by atoms with van der Waals surface area (Å²) in [5.74, 6) is 1.15. The molecule has 0 saturated carbocycles. The van der Waals surface area contributed by atoms with Gasteiger partial charge in [0.25, 0.3) is 0 Å². The molecule has 0 amide bonds. The summed E-state index contributed by atoms with van der Waals surface area (Å²) in [6.07, 6.45) is 0. The van der Waals surface area contributed by atoms with Crippen molar-refractivity contribution in [1.29, 1.82) is 0 Å². The van der Waals surface area contributed by atoms with Crippen LogP contribution in [0.4, 0.5) is 0 Å². The molecule has 92 valence electrons. The van der Waals surface area contributed by atoms with Gasteiger partial charge in [0, 0.05) is 14.1 Å². The van der Waals surface area contributed by atoms with Gasteiger partial charge >= 0.3 is 0 Å². The lowest BCUT2D eigenvalue weighted by Gasteiger charge is -2.20. The predicted molar refractivity (Wildman–Crippen MR) is 77.1 cm³/mol. The molecule has 0 bridgehead atoms. The molecule has 2 heteroatoms. The molecule has 0 spiro atoms. The Kier molecular flexibility index (Phi) is 4.13. The zero-order valence-electron chi connectivity index (χ0n) is 10.8. The average Bonchev–Trinajstić information content (AvgIpc) is 2.46. The molecule has 0 radical (unpaired) electrons. The number of rotatable bonds is 3. The lowest BCUT2D eigenvalue weighted by Crippen LogP contribution is -2.27. The van der Waals surface area contributed by atoms with Gasteiger partial charge in [0.1, 0.15) is 5.84 Å². The van der Waals surface area contributed by atoms with Gasteiger partial charge in [-0.3, -0.25) is 4.99 Å². The number of nitrogens with zero attached hydrogens (tertiary/aromatic N) is 1. The largest absolute Gasteiger partial charge is 0.376 e. The van der Waals surface area contributed by atoms with Gasteiger partial charge in [0.05, 0.1) is 5.92 Å². The first kappa shape index (κ1) is 12.4. The van der Waals surface area contributed by atoms with Crippen LogP contribution in [0.2, 0.25) is 0 Å². The molecule has 2 aromatic carbocycles. The third kappa shape index (κ3) is 2.59. The number of hydrogen-bond acceptors (Lipinski definition) is 1. The molecule has 0 aliphatic heterocycles. The average molecular weight is 238 g/mol. The number of amidine groups is 1. The van der Waals surface area contributed by atoms with E-state index >= 15 is 0 Å². The summed E-state index contributed by atoms with van der Waals surface area (Å²) in [5.41, 5.74) is 2.50. The molecule has 2 nitrogen and oxygen atoms in total. The maximum atomic E-state index is 4.37. The van der Waals surface area contributed by atoms with Gasteiger partial charge in [0.2, 0.25) is 0 Å². The molecular formula is C16H18N2.